The molecule has 23 heavy (non-hydrogen) atoms. The Morgan fingerprint density at radius 1 is 1.30 bits per heavy atom. The zero-order valence-electron chi connectivity index (χ0n) is 11.2. The maximum Gasteiger partial charge on any atom is 0.292 e. The number of hydrogen-bond acceptors (Lipinski definition) is 4. The maximum atomic E-state index is 11.3. The minimum absolute atomic E-state index is 0.0921. The zero-order chi connectivity index (χ0) is 17.6. The third-order valence-electron chi connectivity index (χ3n) is 2.38. The van der Waals surface area contributed by atoms with Crippen LogP contribution in [-0.2, 0) is 4.79 Å². The van der Waals surface area contributed by atoms with Gasteiger partial charge in [-0.15, -0.1) is 11.6 Å². The number of carbonyl (C=O) groups is 1. The second kappa shape index (κ2) is 8.70. The number of hydrogen-bond donors (Lipinski definition) is 3. The van der Waals surface area contributed by atoms with Gasteiger partial charge < -0.3 is 16.0 Å². The lowest BCUT2D eigenvalue weighted by Gasteiger charge is -2.27. The summed E-state index contributed by atoms with van der Waals surface area (Å²) in [6, 6.07) is 5.84. The van der Waals surface area contributed by atoms with Crippen LogP contribution in [0.1, 0.15) is 0 Å². The molecule has 0 unspecified atom stereocenters. The minimum Gasteiger partial charge on any atom is -0.339 e. The van der Waals surface area contributed by atoms with Crippen LogP contribution in [0.2, 0.25) is 0 Å². The van der Waals surface area contributed by atoms with E-state index >= 15 is 0 Å². The van der Waals surface area contributed by atoms with Crippen molar-refractivity contribution in [2.24, 2.45) is 0 Å². The van der Waals surface area contributed by atoms with Crippen LogP contribution in [0.3, 0.4) is 0 Å². The van der Waals surface area contributed by atoms with E-state index in [9.17, 15) is 14.9 Å². The first-order valence-corrected chi connectivity index (χ1v) is 7.95. The summed E-state index contributed by atoms with van der Waals surface area (Å²) < 4.78 is -1.93. The predicted octanol–water partition coefficient (Wildman–Crippen LogP) is 2.93. The van der Waals surface area contributed by atoms with Crippen LogP contribution in [0.5, 0.6) is 0 Å². The summed E-state index contributed by atoms with van der Waals surface area (Å²) >= 11 is 27.6. The summed E-state index contributed by atoms with van der Waals surface area (Å²) in [6.45, 7) is 0. The Hall–Kier alpha value is -1.06. The van der Waals surface area contributed by atoms with E-state index < -0.39 is 20.8 Å². The van der Waals surface area contributed by atoms with Crippen LogP contribution < -0.4 is 16.0 Å². The number of carbonyl (C=O) groups excluding carboxylic acids is 1. The van der Waals surface area contributed by atoms with Gasteiger partial charge in [0.15, 0.2) is 5.11 Å². The number of amides is 1. The fourth-order valence-corrected chi connectivity index (χ4v) is 2.06. The Morgan fingerprint density at radius 3 is 2.43 bits per heavy atom. The van der Waals surface area contributed by atoms with Crippen molar-refractivity contribution in [3.63, 3.8) is 0 Å². The lowest BCUT2D eigenvalue weighted by atomic mass is 10.3. The van der Waals surface area contributed by atoms with Crippen LogP contribution in [-0.4, -0.2) is 31.8 Å². The Morgan fingerprint density at radius 2 is 1.91 bits per heavy atom. The van der Waals surface area contributed by atoms with Crippen molar-refractivity contribution in [3.05, 3.63) is 34.4 Å². The normalized spacial score (nSPS) is 12.2. The molecule has 1 aromatic rings. The molecular weight excluding hydrogens is 410 g/mol. The van der Waals surface area contributed by atoms with Crippen molar-refractivity contribution in [1.29, 1.82) is 0 Å². The lowest BCUT2D eigenvalue weighted by molar-refractivity contribution is -0.383. The number of nitro benzene ring substituents is 1. The van der Waals surface area contributed by atoms with Crippen molar-refractivity contribution >= 4 is 81.0 Å². The van der Waals surface area contributed by atoms with Gasteiger partial charge in [0.2, 0.25) is 9.70 Å². The highest BCUT2D eigenvalue weighted by Crippen LogP contribution is 2.29. The average molecular weight is 420 g/mol. The standard InChI is InChI=1S/C11H10Cl4N4O3S/c12-5-8(20)17-9(11(13,14)15)18-10(23)16-6-3-1-2-4-7(6)19(21)22/h1-4,9H,5H2,(H,17,20)(H2,16,18,23)/t9-/m1/s1. The van der Waals surface area contributed by atoms with Crippen molar-refractivity contribution in [2.45, 2.75) is 9.96 Å². The van der Waals surface area contributed by atoms with E-state index in [1.54, 1.807) is 6.07 Å². The molecule has 0 aromatic heterocycles. The van der Waals surface area contributed by atoms with E-state index in [2.05, 4.69) is 16.0 Å². The fourth-order valence-electron chi connectivity index (χ4n) is 1.43. The highest BCUT2D eigenvalue weighted by Gasteiger charge is 2.34. The van der Waals surface area contributed by atoms with E-state index in [0.717, 1.165) is 0 Å². The van der Waals surface area contributed by atoms with Crippen molar-refractivity contribution in [1.82, 2.24) is 10.6 Å². The van der Waals surface area contributed by atoms with Crippen LogP contribution >= 0.6 is 58.6 Å². The highest BCUT2D eigenvalue weighted by molar-refractivity contribution is 7.80. The summed E-state index contributed by atoms with van der Waals surface area (Å²) in [7, 11) is 0. The largest absolute Gasteiger partial charge is 0.339 e. The second-order valence-electron chi connectivity index (χ2n) is 4.05. The van der Waals surface area contributed by atoms with Crippen LogP contribution in [0.4, 0.5) is 11.4 Å². The smallest absolute Gasteiger partial charge is 0.292 e. The fraction of sp³-hybridized carbons (Fsp3) is 0.273. The van der Waals surface area contributed by atoms with Crippen LogP contribution in [0, 0.1) is 10.1 Å². The number of nitrogens with zero attached hydrogens (tertiary/aromatic N) is 1. The number of para-hydroxylation sites is 2. The molecule has 0 radical (unpaired) electrons. The molecule has 1 atom stereocenters. The summed E-state index contributed by atoms with van der Waals surface area (Å²) in [5.74, 6) is -0.938. The number of nitrogens with one attached hydrogen (secondary N) is 3. The maximum absolute atomic E-state index is 11.3. The van der Waals surface area contributed by atoms with Gasteiger partial charge >= 0.3 is 0 Å². The molecule has 126 valence electrons. The summed E-state index contributed by atoms with van der Waals surface area (Å²) in [5.41, 5.74) is -0.0476. The van der Waals surface area contributed by atoms with E-state index in [-0.39, 0.29) is 22.4 Å². The first kappa shape index (κ1) is 20.0. The number of alkyl halides is 4. The van der Waals surface area contributed by atoms with Crippen molar-refractivity contribution < 1.29 is 9.72 Å². The van der Waals surface area contributed by atoms with Gasteiger partial charge in [0.05, 0.1) is 4.92 Å². The molecule has 0 bridgehead atoms. The number of thiocarbonyl (C=S) groups is 1. The SMILES string of the molecule is O=C(CCl)N[C@H](NC(=S)Nc1ccccc1[N+](=O)[O-])C(Cl)(Cl)Cl. The molecule has 3 N–H and O–H groups in total. The number of anilines is 1. The molecule has 12 heteroatoms. The first-order chi connectivity index (χ1) is 10.6. The summed E-state index contributed by atoms with van der Waals surface area (Å²) in [5, 5.41) is 18.3. The Kier molecular flexibility index (Phi) is 7.56. The Labute approximate surface area is 156 Å². The lowest BCUT2D eigenvalue weighted by Crippen LogP contribution is -2.56. The second-order valence-corrected chi connectivity index (χ2v) is 7.09. The molecule has 1 aromatic carbocycles. The minimum atomic E-state index is -1.93. The van der Waals surface area contributed by atoms with Gasteiger partial charge in [0, 0.05) is 6.07 Å². The first-order valence-electron chi connectivity index (χ1n) is 5.88. The number of benzene rings is 1. The van der Waals surface area contributed by atoms with Gasteiger partial charge in [-0.05, 0) is 18.3 Å². The molecule has 0 saturated heterocycles. The number of nitro groups is 1. The van der Waals surface area contributed by atoms with E-state index in [4.69, 9.17) is 58.6 Å². The van der Waals surface area contributed by atoms with Gasteiger partial charge in [-0.2, -0.15) is 0 Å². The van der Waals surface area contributed by atoms with E-state index in [1.807, 2.05) is 0 Å². The molecule has 0 aliphatic carbocycles. The number of halogens is 4. The monoisotopic (exact) mass is 418 g/mol. The van der Waals surface area contributed by atoms with Gasteiger partial charge in [0.25, 0.3) is 5.69 Å². The predicted molar refractivity (Wildman–Crippen MR) is 95.4 cm³/mol. The molecular formula is C11H10Cl4N4O3S. The van der Waals surface area contributed by atoms with Crippen molar-refractivity contribution in [2.75, 3.05) is 11.2 Å². The molecule has 7 nitrogen and oxygen atoms in total. The average Bonchev–Trinajstić information content (AvgIpc) is 2.45. The highest BCUT2D eigenvalue weighted by atomic mass is 35.6. The molecule has 0 spiro atoms. The summed E-state index contributed by atoms with van der Waals surface area (Å²) in [4.78, 5) is 21.7. The molecule has 0 heterocycles. The van der Waals surface area contributed by atoms with Gasteiger partial charge in [-0.25, -0.2) is 0 Å². The Balaban J connectivity index is 2.84. The van der Waals surface area contributed by atoms with Gasteiger partial charge in [-0.1, -0.05) is 46.9 Å². The molecule has 1 rings (SSSR count). The molecule has 0 fully saturated rings. The number of rotatable bonds is 5. The van der Waals surface area contributed by atoms with Crippen LogP contribution in [0.25, 0.3) is 0 Å². The topological polar surface area (TPSA) is 96.3 Å². The van der Waals surface area contributed by atoms with E-state index in [1.165, 1.54) is 18.2 Å². The summed E-state index contributed by atoms with van der Waals surface area (Å²) in [6.07, 6.45) is -1.19. The quantitative estimate of drug-likeness (QED) is 0.223. The Bertz CT molecular complexity index is 611. The van der Waals surface area contributed by atoms with Gasteiger partial charge in [0.1, 0.15) is 17.7 Å². The van der Waals surface area contributed by atoms with Crippen LogP contribution in [0.15, 0.2) is 24.3 Å². The van der Waals surface area contributed by atoms with Gasteiger partial charge in [-0.3, -0.25) is 14.9 Å². The molecule has 0 saturated carbocycles. The molecule has 0 aliphatic rings. The van der Waals surface area contributed by atoms with E-state index in [0.29, 0.717) is 0 Å². The van der Waals surface area contributed by atoms with Crippen molar-refractivity contribution in [3.8, 4) is 0 Å². The third kappa shape index (κ3) is 6.52. The zero-order valence-corrected chi connectivity index (χ0v) is 15.0. The molecule has 0 aliphatic heterocycles. The third-order valence-corrected chi connectivity index (χ3v) is 3.50. The molecule has 1 amide bonds.